The van der Waals surface area contributed by atoms with Gasteiger partial charge >= 0.3 is 5.97 Å². The second kappa shape index (κ2) is 7.21. The Morgan fingerprint density at radius 2 is 1.69 bits per heavy atom. The van der Waals surface area contributed by atoms with Gasteiger partial charge in [-0.3, -0.25) is 24.1 Å². The van der Waals surface area contributed by atoms with E-state index in [1.54, 1.807) is 36.4 Å². The number of hydrogen-bond donors (Lipinski definition) is 1. The van der Waals surface area contributed by atoms with Crippen LogP contribution in [-0.2, 0) is 20.8 Å². The van der Waals surface area contributed by atoms with Crippen molar-refractivity contribution in [3.8, 4) is 0 Å². The largest absolute Gasteiger partial charge is 0.480 e. The number of carbonyl (C=O) groups excluding carboxylic acids is 3. The fraction of sp³-hybridized carbons (Fsp3) is 0.143. The molecule has 0 spiro atoms. The zero-order valence-electron chi connectivity index (χ0n) is 15.4. The van der Waals surface area contributed by atoms with Gasteiger partial charge in [-0.1, -0.05) is 37.3 Å². The van der Waals surface area contributed by atoms with Gasteiger partial charge in [-0.15, -0.1) is 0 Å². The van der Waals surface area contributed by atoms with E-state index < -0.39 is 29.6 Å². The van der Waals surface area contributed by atoms with Crippen molar-refractivity contribution in [2.45, 2.75) is 13.3 Å². The lowest BCUT2D eigenvalue weighted by Gasteiger charge is -2.14. The van der Waals surface area contributed by atoms with Crippen molar-refractivity contribution in [3.05, 3.63) is 64.6 Å². The Bertz CT molecular complexity index is 1090. The number of thioether (sulfide) groups is 1. The van der Waals surface area contributed by atoms with E-state index in [-0.39, 0.29) is 10.5 Å². The van der Waals surface area contributed by atoms with Gasteiger partial charge in [-0.25, -0.2) is 4.90 Å². The molecule has 0 saturated carbocycles. The first-order valence-electron chi connectivity index (χ1n) is 8.95. The van der Waals surface area contributed by atoms with Gasteiger partial charge in [0.1, 0.15) is 6.54 Å². The molecule has 2 aliphatic rings. The average molecular weight is 408 g/mol. The third-order valence-electron chi connectivity index (χ3n) is 4.82. The predicted molar refractivity (Wildman–Crippen MR) is 110 cm³/mol. The standard InChI is InChI=1S/C21H16N2O5S/c1-2-12-7-9-13(10-8-12)23-20(27)18(29-21(23)28)17-14-5-3-4-6-15(14)22(19(17)26)11-16(24)25/h3-10H,2,11H2,1H3,(H,24,25)/b18-17-. The molecule has 2 aliphatic heterocycles. The minimum atomic E-state index is -1.17. The monoisotopic (exact) mass is 408 g/mol. The van der Waals surface area contributed by atoms with Gasteiger partial charge < -0.3 is 5.11 Å². The van der Waals surface area contributed by atoms with Crippen LogP contribution in [0, 0.1) is 0 Å². The van der Waals surface area contributed by atoms with Crippen LogP contribution in [0.2, 0.25) is 0 Å². The molecule has 29 heavy (non-hydrogen) atoms. The van der Waals surface area contributed by atoms with E-state index in [2.05, 4.69) is 0 Å². The highest BCUT2D eigenvalue weighted by Crippen LogP contribution is 2.45. The van der Waals surface area contributed by atoms with E-state index in [1.807, 2.05) is 19.1 Å². The second-order valence-corrected chi connectivity index (χ2v) is 7.50. The Morgan fingerprint density at radius 1 is 1.00 bits per heavy atom. The molecule has 1 fully saturated rings. The summed E-state index contributed by atoms with van der Waals surface area (Å²) in [7, 11) is 0. The minimum Gasteiger partial charge on any atom is -0.480 e. The average Bonchev–Trinajstić information content (AvgIpc) is 3.14. The van der Waals surface area contributed by atoms with Crippen molar-refractivity contribution in [1.29, 1.82) is 0 Å². The third-order valence-corrected chi connectivity index (χ3v) is 5.76. The van der Waals surface area contributed by atoms with Crippen LogP contribution in [0.3, 0.4) is 0 Å². The highest BCUT2D eigenvalue weighted by Gasteiger charge is 2.44. The quantitative estimate of drug-likeness (QED) is 0.780. The molecule has 0 atom stereocenters. The second-order valence-electron chi connectivity index (χ2n) is 6.53. The summed E-state index contributed by atoms with van der Waals surface area (Å²) in [5.41, 5.74) is 2.43. The van der Waals surface area contributed by atoms with Crippen LogP contribution in [0.4, 0.5) is 16.2 Å². The maximum absolute atomic E-state index is 13.1. The van der Waals surface area contributed by atoms with Gasteiger partial charge in [0.05, 0.1) is 21.9 Å². The molecule has 0 aromatic heterocycles. The molecule has 7 nitrogen and oxygen atoms in total. The Balaban J connectivity index is 1.79. The van der Waals surface area contributed by atoms with Crippen molar-refractivity contribution in [3.63, 3.8) is 0 Å². The summed E-state index contributed by atoms with van der Waals surface area (Å²) in [5, 5.41) is 8.66. The normalized spacial score (nSPS) is 18.6. The maximum Gasteiger partial charge on any atom is 0.323 e. The highest BCUT2D eigenvalue weighted by molar-refractivity contribution is 8.19. The number of carboxylic acids is 1. The first-order valence-corrected chi connectivity index (χ1v) is 9.76. The van der Waals surface area contributed by atoms with E-state index >= 15 is 0 Å². The summed E-state index contributed by atoms with van der Waals surface area (Å²) >= 11 is 0.694. The van der Waals surface area contributed by atoms with Crippen LogP contribution in [0.15, 0.2) is 53.4 Å². The van der Waals surface area contributed by atoms with Crippen molar-refractivity contribution >= 4 is 51.7 Å². The Labute approximate surface area is 170 Å². The van der Waals surface area contributed by atoms with Gasteiger partial charge in [0.2, 0.25) is 0 Å². The van der Waals surface area contributed by atoms with Crippen LogP contribution < -0.4 is 9.80 Å². The Hall–Kier alpha value is -3.39. The first-order chi connectivity index (χ1) is 13.9. The van der Waals surface area contributed by atoms with Gasteiger partial charge in [0.25, 0.3) is 17.1 Å². The summed E-state index contributed by atoms with van der Waals surface area (Å²) in [4.78, 5) is 52.0. The number of imide groups is 1. The fourth-order valence-corrected chi connectivity index (χ4v) is 4.35. The molecular formula is C21H16N2O5S. The number of amides is 3. The molecule has 2 aromatic rings. The third kappa shape index (κ3) is 3.11. The number of carboxylic acid groups (broad SMARTS) is 1. The lowest BCUT2D eigenvalue weighted by Crippen LogP contribution is -2.32. The number of benzene rings is 2. The fourth-order valence-electron chi connectivity index (χ4n) is 3.41. The summed E-state index contributed by atoms with van der Waals surface area (Å²) in [6, 6.07) is 13.7. The zero-order chi connectivity index (χ0) is 20.7. The topological polar surface area (TPSA) is 95.0 Å². The lowest BCUT2D eigenvalue weighted by molar-refractivity contribution is -0.136. The SMILES string of the molecule is CCc1ccc(N2C(=O)S/C(=C3\C(=O)N(CC(=O)O)c4ccccc43)C2=O)cc1. The smallest absolute Gasteiger partial charge is 0.323 e. The first kappa shape index (κ1) is 18.9. The van der Waals surface area contributed by atoms with Crippen LogP contribution in [0.1, 0.15) is 18.1 Å². The maximum atomic E-state index is 13.1. The molecule has 0 unspecified atom stereocenters. The highest BCUT2D eigenvalue weighted by atomic mass is 32.2. The number of carbonyl (C=O) groups is 4. The number of aliphatic carboxylic acids is 1. The lowest BCUT2D eigenvalue weighted by atomic mass is 10.1. The molecule has 146 valence electrons. The number of hydrogen-bond acceptors (Lipinski definition) is 5. The summed E-state index contributed by atoms with van der Waals surface area (Å²) in [6.45, 7) is 1.48. The van der Waals surface area contributed by atoms with Crippen molar-refractivity contribution in [2.75, 3.05) is 16.3 Å². The van der Waals surface area contributed by atoms with Crippen molar-refractivity contribution in [2.24, 2.45) is 0 Å². The van der Waals surface area contributed by atoms with E-state index in [4.69, 9.17) is 5.11 Å². The molecular weight excluding hydrogens is 392 g/mol. The van der Waals surface area contributed by atoms with E-state index in [9.17, 15) is 19.2 Å². The van der Waals surface area contributed by atoms with Crippen molar-refractivity contribution < 1.29 is 24.3 Å². The number of para-hydroxylation sites is 1. The molecule has 1 N–H and O–H groups in total. The predicted octanol–water partition coefficient (Wildman–Crippen LogP) is 3.29. The summed E-state index contributed by atoms with van der Waals surface area (Å²) in [6.07, 6.45) is 0.830. The molecule has 4 rings (SSSR count). The molecule has 0 radical (unpaired) electrons. The zero-order valence-corrected chi connectivity index (χ0v) is 16.2. The number of aryl methyl sites for hydroxylation is 1. The molecule has 8 heteroatoms. The van der Waals surface area contributed by atoms with Gasteiger partial charge in [0.15, 0.2) is 0 Å². The van der Waals surface area contributed by atoms with Gasteiger partial charge in [0, 0.05) is 5.56 Å². The molecule has 1 saturated heterocycles. The van der Waals surface area contributed by atoms with Crippen LogP contribution in [-0.4, -0.2) is 34.7 Å². The number of rotatable bonds is 4. The van der Waals surface area contributed by atoms with Gasteiger partial charge in [-0.05, 0) is 41.9 Å². The van der Waals surface area contributed by atoms with Crippen LogP contribution in [0.25, 0.3) is 5.57 Å². The molecule has 3 amide bonds. The molecule has 2 heterocycles. The minimum absolute atomic E-state index is 0.0138. The van der Waals surface area contributed by atoms with Crippen LogP contribution in [0.5, 0.6) is 0 Å². The number of anilines is 2. The van der Waals surface area contributed by atoms with E-state index in [0.29, 0.717) is 28.7 Å². The van der Waals surface area contributed by atoms with Crippen LogP contribution >= 0.6 is 11.8 Å². The summed E-state index contributed by atoms with van der Waals surface area (Å²) in [5.74, 6) is -2.35. The molecule has 0 aliphatic carbocycles. The number of fused-ring (bicyclic) bond motifs is 1. The Morgan fingerprint density at radius 3 is 2.34 bits per heavy atom. The van der Waals surface area contributed by atoms with Crippen molar-refractivity contribution in [1.82, 2.24) is 0 Å². The molecule has 0 bridgehead atoms. The number of nitrogens with zero attached hydrogens (tertiary/aromatic N) is 2. The molecule has 2 aromatic carbocycles. The summed E-state index contributed by atoms with van der Waals surface area (Å²) < 4.78 is 0. The van der Waals surface area contributed by atoms with E-state index in [1.165, 1.54) is 0 Å². The van der Waals surface area contributed by atoms with E-state index in [0.717, 1.165) is 21.8 Å². The van der Waals surface area contributed by atoms with Gasteiger partial charge in [-0.2, -0.15) is 0 Å². The Kier molecular flexibility index (Phi) is 4.71.